The first kappa shape index (κ1) is 22.8. The molecule has 164 valence electrons. The van der Waals surface area contributed by atoms with Gasteiger partial charge < -0.3 is 4.90 Å². The lowest BCUT2D eigenvalue weighted by molar-refractivity contribution is 0.0784. The van der Waals surface area contributed by atoms with Gasteiger partial charge in [0.2, 0.25) is 10.0 Å². The van der Waals surface area contributed by atoms with Gasteiger partial charge in [0, 0.05) is 41.1 Å². The fourth-order valence-corrected chi connectivity index (χ4v) is 4.09. The number of aromatic nitrogens is 2. The van der Waals surface area contributed by atoms with Crippen LogP contribution in [0.15, 0.2) is 48.5 Å². The highest BCUT2D eigenvalue weighted by atomic mass is 35.5. The van der Waals surface area contributed by atoms with Crippen molar-refractivity contribution < 1.29 is 13.2 Å². The van der Waals surface area contributed by atoms with Gasteiger partial charge in [0.05, 0.1) is 18.5 Å². The van der Waals surface area contributed by atoms with E-state index in [0.717, 1.165) is 28.8 Å². The van der Waals surface area contributed by atoms with Crippen LogP contribution in [0.5, 0.6) is 0 Å². The summed E-state index contributed by atoms with van der Waals surface area (Å²) in [6.07, 6.45) is 1.08. The lowest BCUT2D eigenvalue weighted by atomic mass is 10.1. The van der Waals surface area contributed by atoms with Gasteiger partial charge >= 0.3 is 0 Å². The number of anilines is 1. The van der Waals surface area contributed by atoms with Crippen molar-refractivity contribution in [1.29, 1.82) is 0 Å². The minimum Gasteiger partial charge on any atom is -0.337 e. The molecule has 1 heterocycles. The second-order valence-corrected chi connectivity index (χ2v) is 9.67. The number of halogens is 1. The third-order valence-electron chi connectivity index (χ3n) is 4.99. The molecule has 0 spiro atoms. The minimum absolute atomic E-state index is 0.163. The Kier molecular flexibility index (Phi) is 6.71. The van der Waals surface area contributed by atoms with Crippen LogP contribution in [-0.2, 0) is 23.1 Å². The van der Waals surface area contributed by atoms with Crippen molar-refractivity contribution in [2.24, 2.45) is 0 Å². The van der Waals surface area contributed by atoms with Gasteiger partial charge in [-0.1, -0.05) is 29.8 Å². The molecule has 1 N–H and O–H groups in total. The van der Waals surface area contributed by atoms with Crippen LogP contribution in [0.2, 0.25) is 5.02 Å². The number of carbonyl (C=O) groups excluding carboxylic acids is 1. The molecule has 31 heavy (non-hydrogen) atoms. The van der Waals surface area contributed by atoms with Gasteiger partial charge in [0.25, 0.3) is 5.91 Å². The third kappa shape index (κ3) is 5.65. The average molecular weight is 461 g/mol. The molecular weight excluding hydrogens is 436 g/mol. The molecule has 1 aromatic heterocycles. The molecular formula is C22H25ClN4O3S. The number of amides is 1. The summed E-state index contributed by atoms with van der Waals surface area (Å²) in [5, 5.41) is 5.32. The van der Waals surface area contributed by atoms with Gasteiger partial charge in [-0.25, -0.2) is 8.42 Å². The maximum Gasteiger partial charge on any atom is 0.253 e. The molecule has 3 rings (SSSR count). The normalized spacial score (nSPS) is 11.4. The Balaban J connectivity index is 1.74. The van der Waals surface area contributed by atoms with E-state index in [9.17, 15) is 13.2 Å². The minimum atomic E-state index is -3.36. The Morgan fingerprint density at radius 3 is 2.39 bits per heavy atom. The molecule has 0 aliphatic rings. The maximum absolute atomic E-state index is 12.9. The van der Waals surface area contributed by atoms with Gasteiger partial charge in [0.1, 0.15) is 0 Å². The van der Waals surface area contributed by atoms with Crippen LogP contribution < -0.4 is 4.72 Å². The van der Waals surface area contributed by atoms with E-state index in [4.69, 9.17) is 11.6 Å². The topological polar surface area (TPSA) is 84.3 Å². The summed E-state index contributed by atoms with van der Waals surface area (Å²) >= 11 is 6.28. The molecule has 0 bridgehead atoms. The molecule has 0 unspecified atom stereocenters. The number of nitrogens with one attached hydrogen (secondary N) is 1. The number of hydrogen-bond acceptors (Lipinski definition) is 4. The number of sulfonamides is 1. The monoisotopic (exact) mass is 460 g/mol. The SMILES string of the molecule is Cc1nn(Cc2ccccc2Cl)c(C)c1CN(C)C(=O)c1ccc(NS(C)(=O)=O)cc1. The summed E-state index contributed by atoms with van der Waals surface area (Å²) in [6.45, 7) is 4.87. The first-order chi connectivity index (χ1) is 14.5. The second-order valence-electron chi connectivity index (χ2n) is 7.51. The van der Waals surface area contributed by atoms with E-state index in [2.05, 4.69) is 9.82 Å². The second kappa shape index (κ2) is 9.11. The average Bonchev–Trinajstić information content (AvgIpc) is 2.96. The Bertz CT molecular complexity index is 1200. The highest BCUT2D eigenvalue weighted by molar-refractivity contribution is 7.92. The Morgan fingerprint density at radius 2 is 1.77 bits per heavy atom. The highest BCUT2D eigenvalue weighted by Crippen LogP contribution is 2.21. The van der Waals surface area contributed by atoms with E-state index >= 15 is 0 Å². The third-order valence-corrected chi connectivity index (χ3v) is 5.96. The van der Waals surface area contributed by atoms with E-state index in [1.807, 2.05) is 42.8 Å². The molecule has 0 radical (unpaired) electrons. The summed E-state index contributed by atoms with van der Waals surface area (Å²) in [6, 6.07) is 14.0. The summed E-state index contributed by atoms with van der Waals surface area (Å²) in [5.41, 5.74) is 4.68. The highest BCUT2D eigenvalue weighted by Gasteiger charge is 2.18. The van der Waals surface area contributed by atoms with Gasteiger partial charge in [-0.2, -0.15) is 5.10 Å². The van der Waals surface area contributed by atoms with Gasteiger partial charge in [0.15, 0.2) is 0 Å². The predicted molar refractivity (Wildman–Crippen MR) is 123 cm³/mol. The van der Waals surface area contributed by atoms with Crippen LogP contribution in [0.1, 0.15) is 32.9 Å². The van der Waals surface area contributed by atoms with Crippen LogP contribution in [-0.4, -0.2) is 42.3 Å². The molecule has 0 aliphatic heterocycles. The van der Waals surface area contributed by atoms with Crippen molar-refractivity contribution >= 4 is 33.2 Å². The number of aryl methyl sites for hydroxylation is 1. The molecule has 0 saturated heterocycles. The Hall–Kier alpha value is -2.84. The van der Waals surface area contributed by atoms with E-state index in [1.54, 1.807) is 36.2 Å². The molecule has 2 aromatic carbocycles. The van der Waals surface area contributed by atoms with Crippen molar-refractivity contribution in [2.75, 3.05) is 18.0 Å². The molecule has 0 fully saturated rings. The van der Waals surface area contributed by atoms with Crippen molar-refractivity contribution in [3.8, 4) is 0 Å². The zero-order valence-electron chi connectivity index (χ0n) is 17.9. The van der Waals surface area contributed by atoms with Crippen LogP contribution in [0.25, 0.3) is 0 Å². The predicted octanol–water partition coefficient (Wildman–Crippen LogP) is 3.85. The van der Waals surface area contributed by atoms with Crippen LogP contribution in [0.4, 0.5) is 5.69 Å². The zero-order valence-corrected chi connectivity index (χ0v) is 19.5. The van der Waals surface area contributed by atoms with Gasteiger partial charge in [-0.3, -0.25) is 14.2 Å². The fourth-order valence-electron chi connectivity index (χ4n) is 3.33. The first-order valence-electron chi connectivity index (χ1n) is 9.65. The van der Waals surface area contributed by atoms with Crippen molar-refractivity contribution in [3.63, 3.8) is 0 Å². The lowest BCUT2D eigenvalue weighted by Crippen LogP contribution is -2.26. The number of hydrogen-bond donors (Lipinski definition) is 1. The smallest absolute Gasteiger partial charge is 0.253 e. The standard InChI is InChI=1S/C22H25ClN4O3S/c1-15-20(16(2)27(24-15)13-18-7-5-6-8-21(18)23)14-26(3)22(28)17-9-11-19(12-10-17)25-31(4,29)30/h5-12,25H,13-14H2,1-4H3. The van der Waals surface area contributed by atoms with E-state index in [0.29, 0.717) is 29.4 Å². The maximum atomic E-state index is 12.9. The summed E-state index contributed by atoms with van der Waals surface area (Å²) in [4.78, 5) is 14.5. The molecule has 7 nitrogen and oxygen atoms in total. The molecule has 0 atom stereocenters. The van der Waals surface area contributed by atoms with Crippen molar-refractivity contribution in [2.45, 2.75) is 26.9 Å². The summed E-state index contributed by atoms with van der Waals surface area (Å²) < 4.78 is 26.9. The van der Waals surface area contributed by atoms with Crippen molar-refractivity contribution in [3.05, 3.63) is 81.6 Å². The number of nitrogens with zero attached hydrogens (tertiary/aromatic N) is 3. The van der Waals surface area contributed by atoms with E-state index in [-0.39, 0.29) is 5.91 Å². The molecule has 9 heteroatoms. The summed E-state index contributed by atoms with van der Waals surface area (Å²) in [7, 11) is -1.63. The largest absolute Gasteiger partial charge is 0.337 e. The van der Waals surface area contributed by atoms with E-state index < -0.39 is 10.0 Å². The molecule has 0 aliphatic carbocycles. The van der Waals surface area contributed by atoms with Crippen LogP contribution in [0, 0.1) is 13.8 Å². The van der Waals surface area contributed by atoms with Crippen LogP contribution in [0.3, 0.4) is 0 Å². The molecule has 1 amide bonds. The number of carbonyl (C=O) groups is 1. The fraction of sp³-hybridized carbons (Fsp3) is 0.273. The number of benzene rings is 2. The first-order valence-corrected chi connectivity index (χ1v) is 11.9. The van der Waals surface area contributed by atoms with E-state index in [1.165, 1.54) is 0 Å². The van der Waals surface area contributed by atoms with Gasteiger partial charge in [-0.05, 0) is 49.7 Å². The zero-order chi connectivity index (χ0) is 22.8. The van der Waals surface area contributed by atoms with Gasteiger partial charge in [-0.15, -0.1) is 0 Å². The van der Waals surface area contributed by atoms with Crippen LogP contribution >= 0.6 is 11.6 Å². The Labute approximate surface area is 187 Å². The molecule has 3 aromatic rings. The summed E-state index contributed by atoms with van der Waals surface area (Å²) in [5.74, 6) is -0.163. The quantitative estimate of drug-likeness (QED) is 0.580. The van der Waals surface area contributed by atoms with Crippen molar-refractivity contribution in [1.82, 2.24) is 14.7 Å². The Morgan fingerprint density at radius 1 is 1.13 bits per heavy atom. The number of rotatable bonds is 7. The lowest BCUT2D eigenvalue weighted by Gasteiger charge is -2.18. The molecule has 0 saturated carbocycles.